The molecule has 1 aliphatic rings. The van der Waals surface area contributed by atoms with Gasteiger partial charge in [0.25, 0.3) is 0 Å². The summed E-state index contributed by atoms with van der Waals surface area (Å²) in [4.78, 5) is 2.09. The molecule has 2 N–H and O–H groups in total. The van der Waals surface area contributed by atoms with E-state index in [1.165, 1.54) is 0 Å². The molecule has 14 heavy (non-hydrogen) atoms. The van der Waals surface area contributed by atoms with Gasteiger partial charge in [0.05, 0.1) is 18.9 Å². The van der Waals surface area contributed by atoms with Crippen molar-refractivity contribution in [1.82, 2.24) is 10.2 Å². The van der Waals surface area contributed by atoms with Gasteiger partial charge in [0.1, 0.15) is 5.82 Å². The van der Waals surface area contributed by atoms with E-state index in [2.05, 4.69) is 15.1 Å². The molecule has 1 fully saturated rings. The molecule has 1 aromatic heterocycles. The van der Waals surface area contributed by atoms with Gasteiger partial charge in [-0.2, -0.15) is 0 Å². The van der Waals surface area contributed by atoms with Gasteiger partial charge in [-0.25, -0.2) is 0 Å². The summed E-state index contributed by atoms with van der Waals surface area (Å²) in [5, 5.41) is 7.82. The Morgan fingerprint density at radius 2 is 2.07 bits per heavy atom. The Morgan fingerprint density at radius 1 is 1.36 bits per heavy atom. The van der Waals surface area contributed by atoms with Crippen molar-refractivity contribution < 1.29 is 4.74 Å². The predicted molar refractivity (Wildman–Crippen MR) is 54.5 cm³/mol. The molecular weight excluding hydrogens is 204 g/mol. The maximum Gasteiger partial charge on any atom is 0.175 e. The van der Waals surface area contributed by atoms with Crippen LogP contribution in [0, 0.1) is 0 Å². The van der Waals surface area contributed by atoms with Crippen LogP contribution in [0.25, 0.3) is 0 Å². The number of nitrogen functional groups attached to an aromatic ring is 1. The third-order valence-electron chi connectivity index (χ3n) is 2.10. The van der Waals surface area contributed by atoms with Gasteiger partial charge in [-0.1, -0.05) is 11.6 Å². The number of anilines is 2. The minimum absolute atomic E-state index is 0.385. The van der Waals surface area contributed by atoms with Crippen LogP contribution in [-0.4, -0.2) is 36.5 Å². The first-order chi connectivity index (χ1) is 6.77. The van der Waals surface area contributed by atoms with Crippen LogP contribution < -0.4 is 10.6 Å². The van der Waals surface area contributed by atoms with E-state index in [-0.39, 0.29) is 0 Å². The van der Waals surface area contributed by atoms with Crippen LogP contribution >= 0.6 is 11.6 Å². The van der Waals surface area contributed by atoms with E-state index in [1.54, 1.807) is 6.07 Å². The highest BCUT2D eigenvalue weighted by Crippen LogP contribution is 2.24. The number of nitrogens with two attached hydrogens (primary N) is 1. The van der Waals surface area contributed by atoms with Crippen molar-refractivity contribution in [2.75, 3.05) is 36.9 Å². The minimum Gasteiger partial charge on any atom is -0.382 e. The lowest BCUT2D eigenvalue weighted by Gasteiger charge is -2.28. The Labute approximate surface area is 86.8 Å². The van der Waals surface area contributed by atoms with Gasteiger partial charge in [-0.15, -0.1) is 10.2 Å². The van der Waals surface area contributed by atoms with Crippen molar-refractivity contribution in [3.05, 3.63) is 11.2 Å². The molecular formula is C8H11ClN4O. The first kappa shape index (κ1) is 9.48. The Hall–Kier alpha value is -1.07. The van der Waals surface area contributed by atoms with E-state index in [1.807, 2.05) is 0 Å². The van der Waals surface area contributed by atoms with Crippen LogP contribution in [0.3, 0.4) is 0 Å². The van der Waals surface area contributed by atoms with Crippen LogP contribution in [0.4, 0.5) is 11.5 Å². The third-order valence-corrected chi connectivity index (χ3v) is 2.37. The quantitative estimate of drug-likeness (QED) is 0.740. The van der Waals surface area contributed by atoms with Gasteiger partial charge < -0.3 is 15.4 Å². The Morgan fingerprint density at radius 3 is 2.79 bits per heavy atom. The molecule has 0 amide bonds. The normalized spacial score (nSPS) is 17.1. The number of hydrogen-bond donors (Lipinski definition) is 1. The molecule has 2 rings (SSSR count). The predicted octanol–water partition coefficient (Wildman–Crippen LogP) is 0.549. The van der Waals surface area contributed by atoms with E-state index in [9.17, 15) is 0 Å². The average Bonchev–Trinajstić information content (AvgIpc) is 2.23. The van der Waals surface area contributed by atoms with Crippen molar-refractivity contribution in [1.29, 1.82) is 0 Å². The summed E-state index contributed by atoms with van der Waals surface area (Å²) in [6.45, 7) is 3.03. The second-order valence-corrected chi connectivity index (χ2v) is 3.40. The Kier molecular flexibility index (Phi) is 2.69. The molecule has 76 valence electrons. The van der Waals surface area contributed by atoms with Gasteiger partial charge >= 0.3 is 0 Å². The largest absolute Gasteiger partial charge is 0.382 e. The zero-order valence-corrected chi connectivity index (χ0v) is 8.37. The van der Waals surface area contributed by atoms with Gasteiger partial charge in [-0.05, 0) is 0 Å². The molecule has 0 spiro atoms. The molecule has 1 aromatic rings. The molecule has 1 saturated heterocycles. The lowest BCUT2D eigenvalue weighted by atomic mass is 10.3. The summed E-state index contributed by atoms with van der Waals surface area (Å²) in [7, 11) is 0. The Balaban J connectivity index is 2.24. The third kappa shape index (κ3) is 1.88. The van der Waals surface area contributed by atoms with Crippen LogP contribution in [0.1, 0.15) is 0 Å². The zero-order chi connectivity index (χ0) is 9.97. The van der Waals surface area contributed by atoms with E-state index >= 15 is 0 Å². The fraction of sp³-hybridized carbons (Fsp3) is 0.500. The molecule has 0 radical (unpaired) electrons. The topological polar surface area (TPSA) is 64.3 Å². The molecule has 0 bridgehead atoms. The first-order valence-corrected chi connectivity index (χ1v) is 4.76. The summed E-state index contributed by atoms with van der Waals surface area (Å²) in [6.07, 6.45) is 0. The molecule has 1 aliphatic heterocycles. The molecule has 0 saturated carbocycles. The monoisotopic (exact) mass is 214 g/mol. The summed E-state index contributed by atoms with van der Waals surface area (Å²) in [6, 6.07) is 1.74. The average molecular weight is 215 g/mol. The molecule has 0 aromatic carbocycles. The Bertz CT molecular complexity index is 327. The molecule has 6 heteroatoms. The highest BCUT2D eigenvalue weighted by molar-refractivity contribution is 6.32. The maximum atomic E-state index is 5.92. The SMILES string of the molecule is Nc1cc(N2CCOCC2)c(Cl)nn1. The first-order valence-electron chi connectivity index (χ1n) is 4.39. The van der Waals surface area contributed by atoms with E-state index < -0.39 is 0 Å². The standard InChI is InChI=1S/C8H11ClN4O/c9-8-6(5-7(10)11-12-8)13-1-3-14-4-2-13/h5H,1-4H2,(H2,10,11). The number of aromatic nitrogens is 2. The van der Waals surface area contributed by atoms with Crippen molar-refractivity contribution in [3.63, 3.8) is 0 Å². The van der Waals surface area contributed by atoms with Gasteiger partial charge in [0, 0.05) is 19.2 Å². The molecule has 2 heterocycles. The van der Waals surface area contributed by atoms with Crippen LogP contribution in [0.5, 0.6) is 0 Å². The highest BCUT2D eigenvalue weighted by Gasteiger charge is 2.15. The fourth-order valence-electron chi connectivity index (χ4n) is 1.41. The highest BCUT2D eigenvalue weighted by atomic mass is 35.5. The van der Waals surface area contributed by atoms with Crippen LogP contribution in [0.15, 0.2) is 6.07 Å². The van der Waals surface area contributed by atoms with Gasteiger partial charge in [-0.3, -0.25) is 0 Å². The van der Waals surface area contributed by atoms with Crippen molar-refractivity contribution >= 4 is 23.1 Å². The fourth-order valence-corrected chi connectivity index (χ4v) is 1.62. The van der Waals surface area contributed by atoms with E-state index in [0.29, 0.717) is 24.2 Å². The minimum atomic E-state index is 0.385. The summed E-state index contributed by atoms with van der Waals surface area (Å²) in [5.41, 5.74) is 6.38. The number of hydrogen-bond acceptors (Lipinski definition) is 5. The maximum absolute atomic E-state index is 5.92. The second-order valence-electron chi connectivity index (χ2n) is 3.04. The van der Waals surface area contributed by atoms with Crippen molar-refractivity contribution in [3.8, 4) is 0 Å². The summed E-state index contributed by atoms with van der Waals surface area (Å²) in [5.74, 6) is 0.385. The van der Waals surface area contributed by atoms with Gasteiger partial charge in [0.2, 0.25) is 0 Å². The van der Waals surface area contributed by atoms with Crippen LogP contribution in [-0.2, 0) is 4.74 Å². The van der Waals surface area contributed by atoms with Crippen LogP contribution in [0.2, 0.25) is 5.15 Å². The lowest BCUT2D eigenvalue weighted by molar-refractivity contribution is 0.122. The second kappa shape index (κ2) is 3.98. The van der Waals surface area contributed by atoms with Gasteiger partial charge in [0.15, 0.2) is 5.15 Å². The molecule has 0 unspecified atom stereocenters. The van der Waals surface area contributed by atoms with Crippen molar-refractivity contribution in [2.45, 2.75) is 0 Å². The number of halogens is 1. The number of nitrogens with zero attached hydrogens (tertiary/aromatic N) is 3. The number of morpholine rings is 1. The van der Waals surface area contributed by atoms with E-state index in [0.717, 1.165) is 18.8 Å². The summed E-state index contributed by atoms with van der Waals surface area (Å²) >= 11 is 5.92. The number of rotatable bonds is 1. The summed E-state index contributed by atoms with van der Waals surface area (Å²) < 4.78 is 5.24. The zero-order valence-electron chi connectivity index (χ0n) is 7.61. The smallest absolute Gasteiger partial charge is 0.175 e. The molecule has 0 aliphatic carbocycles. The van der Waals surface area contributed by atoms with E-state index in [4.69, 9.17) is 22.1 Å². The number of ether oxygens (including phenoxy) is 1. The molecule has 5 nitrogen and oxygen atoms in total. The molecule has 0 atom stereocenters. The van der Waals surface area contributed by atoms with Crippen molar-refractivity contribution in [2.24, 2.45) is 0 Å². The lowest BCUT2D eigenvalue weighted by Crippen LogP contribution is -2.36.